The van der Waals surface area contributed by atoms with E-state index < -0.39 is 5.97 Å². The largest absolute Gasteiger partial charge is 0.478 e. The molecular formula is C20H26N2O4. The second kappa shape index (κ2) is 8.34. The van der Waals surface area contributed by atoms with Gasteiger partial charge in [-0.3, -0.25) is 9.59 Å². The summed E-state index contributed by atoms with van der Waals surface area (Å²) in [5, 5.41) is 11.9. The summed E-state index contributed by atoms with van der Waals surface area (Å²) in [5.41, 5.74) is 0.988. The minimum atomic E-state index is -0.977. The van der Waals surface area contributed by atoms with Crippen molar-refractivity contribution in [2.75, 3.05) is 13.1 Å². The Kier molecular flexibility index (Phi) is 5.91. The first kappa shape index (κ1) is 18.4. The molecule has 1 aromatic carbocycles. The Hall–Kier alpha value is -2.37. The van der Waals surface area contributed by atoms with Crippen molar-refractivity contribution in [1.29, 1.82) is 0 Å². The van der Waals surface area contributed by atoms with Crippen molar-refractivity contribution >= 4 is 17.8 Å². The van der Waals surface area contributed by atoms with Gasteiger partial charge < -0.3 is 15.3 Å². The monoisotopic (exact) mass is 358 g/mol. The topological polar surface area (TPSA) is 86.7 Å². The molecule has 6 heteroatoms. The SMILES string of the molecule is O=C(Cc1ccc(C(=O)O)cc1)NC1CCN(C(=O)C2CCCCC2)C1. The average molecular weight is 358 g/mol. The first-order valence-corrected chi connectivity index (χ1v) is 9.43. The van der Waals surface area contributed by atoms with Gasteiger partial charge in [-0.2, -0.15) is 0 Å². The predicted octanol–water partition coefficient (Wildman–Crippen LogP) is 2.22. The Balaban J connectivity index is 1.46. The van der Waals surface area contributed by atoms with Crippen molar-refractivity contribution < 1.29 is 19.5 Å². The Morgan fingerprint density at radius 2 is 1.73 bits per heavy atom. The summed E-state index contributed by atoms with van der Waals surface area (Å²) in [6, 6.07) is 6.34. The highest BCUT2D eigenvalue weighted by molar-refractivity contribution is 5.87. The van der Waals surface area contributed by atoms with Crippen molar-refractivity contribution in [2.45, 2.75) is 51.0 Å². The standard InChI is InChI=1S/C20H26N2O4/c23-18(12-14-6-8-16(9-7-14)20(25)26)21-17-10-11-22(13-17)19(24)15-4-2-1-3-5-15/h6-9,15,17H,1-5,10-13H2,(H,21,23)(H,25,26). The molecule has 2 fully saturated rings. The van der Waals surface area contributed by atoms with Crippen LogP contribution in [0.2, 0.25) is 0 Å². The quantitative estimate of drug-likeness (QED) is 0.845. The van der Waals surface area contributed by atoms with Gasteiger partial charge in [0.15, 0.2) is 0 Å². The fraction of sp³-hybridized carbons (Fsp3) is 0.550. The van der Waals surface area contributed by atoms with Crippen LogP contribution in [0.4, 0.5) is 0 Å². The van der Waals surface area contributed by atoms with E-state index in [4.69, 9.17) is 5.11 Å². The number of hydrogen-bond donors (Lipinski definition) is 2. The van der Waals surface area contributed by atoms with Crippen LogP contribution in [-0.2, 0) is 16.0 Å². The van der Waals surface area contributed by atoms with Crippen molar-refractivity contribution in [3.8, 4) is 0 Å². The number of aromatic carboxylic acids is 1. The highest BCUT2D eigenvalue weighted by atomic mass is 16.4. The smallest absolute Gasteiger partial charge is 0.335 e. The van der Waals surface area contributed by atoms with Crippen LogP contribution in [0.15, 0.2) is 24.3 Å². The van der Waals surface area contributed by atoms with Crippen molar-refractivity contribution in [3.05, 3.63) is 35.4 Å². The molecule has 1 atom stereocenters. The third kappa shape index (κ3) is 4.62. The van der Waals surface area contributed by atoms with E-state index in [2.05, 4.69) is 5.32 Å². The van der Waals surface area contributed by atoms with E-state index in [0.717, 1.165) is 37.7 Å². The summed E-state index contributed by atoms with van der Waals surface area (Å²) in [7, 11) is 0. The molecular weight excluding hydrogens is 332 g/mol. The number of carboxylic acid groups (broad SMARTS) is 1. The highest BCUT2D eigenvalue weighted by Gasteiger charge is 2.31. The van der Waals surface area contributed by atoms with Gasteiger partial charge in [-0.1, -0.05) is 31.4 Å². The molecule has 140 valence electrons. The zero-order valence-corrected chi connectivity index (χ0v) is 14.9. The summed E-state index contributed by atoms with van der Waals surface area (Å²) in [6.07, 6.45) is 6.53. The average Bonchev–Trinajstić information content (AvgIpc) is 3.10. The van der Waals surface area contributed by atoms with Crippen LogP contribution in [0, 0.1) is 5.92 Å². The number of carboxylic acids is 1. The molecule has 1 saturated heterocycles. The molecule has 1 heterocycles. The van der Waals surface area contributed by atoms with Crippen molar-refractivity contribution in [2.24, 2.45) is 5.92 Å². The predicted molar refractivity (Wildman–Crippen MR) is 96.8 cm³/mol. The van der Waals surface area contributed by atoms with E-state index in [0.29, 0.717) is 13.1 Å². The molecule has 2 aliphatic rings. The molecule has 1 aliphatic carbocycles. The van der Waals surface area contributed by atoms with Crippen LogP contribution in [0.3, 0.4) is 0 Å². The van der Waals surface area contributed by atoms with Gasteiger partial charge in [0.05, 0.1) is 12.0 Å². The zero-order chi connectivity index (χ0) is 18.5. The number of amides is 2. The first-order chi connectivity index (χ1) is 12.5. The number of hydrogen-bond acceptors (Lipinski definition) is 3. The van der Waals surface area contributed by atoms with Crippen molar-refractivity contribution in [3.63, 3.8) is 0 Å². The molecule has 0 aromatic heterocycles. The molecule has 2 amide bonds. The summed E-state index contributed by atoms with van der Waals surface area (Å²) < 4.78 is 0. The normalized spacial score (nSPS) is 20.8. The van der Waals surface area contributed by atoms with Crippen LogP contribution in [-0.4, -0.2) is 46.9 Å². The van der Waals surface area contributed by atoms with Gasteiger partial charge in [0, 0.05) is 25.0 Å². The minimum absolute atomic E-state index is 0.00772. The van der Waals surface area contributed by atoms with E-state index in [1.54, 1.807) is 12.1 Å². The Labute approximate surface area is 153 Å². The molecule has 26 heavy (non-hydrogen) atoms. The molecule has 1 unspecified atom stereocenters. The lowest BCUT2D eigenvalue weighted by atomic mass is 9.88. The van der Waals surface area contributed by atoms with Crippen LogP contribution in [0.5, 0.6) is 0 Å². The number of benzene rings is 1. The third-order valence-corrected chi connectivity index (χ3v) is 5.39. The summed E-state index contributed by atoms with van der Waals surface area (Å²) in [6.45, 7) is 1.31. The maximum Gasteiger partial charge on any atom is 0.335 e. The van der Waals surface area contributed by atoms with Crippen molar-refractivity contribution in [1.82, 2.24) is 10.2 Å². The zero-order valence-electron chi connectivity index (χ0n) is 14.9. The van der Waals surface area contributed by atoms with Gasteiger partial charge in [0.1, 0.15) is 0 Å². The number of carbonyl (C=O) groups is 3. The lowest BCUT2D eigenvalue weighted by Gasteiger charge is -2.26. The fourth-order valence-corrected chi connectivity index (χ4v) is 3.92. The number of rotatable bonds is 5. The second-order valence-electron chi connectivity index (χ2n) is 7.35. The molecule has 3 rings (SSSR count). The van der Waals surface area contributed by atoms with E-state index in [1.807, 2.05) is 4.90 Å². The van der Waals surface area contributed by atoms with E-state index in [1.165, 1.54) is 18.6 Å². The molecule has 0 spiro atoms. The molecule has 1 aliphatic heterocycles. The Morgan fingerprint density at radius 3 is 2.38 bits per heavy atom. The summed E-state index contributed by atoms with van der Waals surface area (Å²) in [4.78, 5) is 37.6. The van der Waals surface area contributed by atoms with Gasteiger partial charge in [-0.25, -0.2) is 4.79 Å². The number of nitrogens with one attached hydrogen (secondary N) is 1. The second-order valence-corrected chi connectivity index (χ2v) is 7.35. The maximum absolute atomic E-state index is 12.6. The van der Waals surface area contributed by atoms with Gasteiger partial charge in [0.25, 0.3) is 0 Å². The van der Waals surface area contributed by atoms with Gasteiger partial charge >= 0.3 is 5.97 Å². The van der Waals surface area contributed by atoms with E-state index in [9.17, 15) is 14.4 Å². The van der Waals surface area contributed by atoms with Gasteiger partial charge in [-0.05, 0) is 37.0 Å². The molecule has 6 nitrogen and oxygen atoms in total. The first-order valence-electron chi connectivity index (χ1n) is 9.43. The highest BCUT2D eigenvalue weighted by Crippen LogP contribution is 2.26. The molecule has 0 bridgehead atoms. The van der Waals surface area contributed by atoms with Crippen LogP contribution >= 0.6 is 0 Å². The van der Waals surface area contributed by atoms with Crippen LogP contribution < -0.4 is 5.32 Å². The lowest BCUT2D eigenvalue weighted by Crippen LogP contribution is -2.41. The number of likely N-dealkylation sites (tertiary alicyclic amines) is 1. The molecule has 2 N–H and O–H groups in total. The van der Waals surface area contributed by atoms with Crippen LogP contribution in [0.1, 0.15) is 54.4 Å². The fourth-order valence-electron chi connectivity index (χ4n) is 3.92. The Morgan fingerprint density at radius 1 is 1.04 bits per heavy atom. The Bertz CT molecular complexity index is 665. The molecule has 0 radical (unpaired) electrons. The molecule has 1 saturated carbocycles. The van der Waals surface area contributed by atoms with Crippen LogP contribution in [0.25, 0.3) is 0 Å². The number of nitrogens with zero attached hydrogens (tertiary/aromatic N) is 1. The minimum Gasteiger partial charge on any atom is -0.478 e. The third-order valence-electron chi connectivity index (χ3n) is 5.39. The van der Waals surface area contributed by atoms with E-state index >= 15 is 0 Å². The van der Waals surface area contributed by atoms with Gasteiger partial charge in [0.2, 0.25) is 11.8 Å². The maximum atomic E-state index is 12.6. The summed E-state index contributed by atoms with van der Waals surface area (Å²) in [5.74, 6) is -0.642. The lowest BCUT2D eigenvalue weighted by molar-refractivity contribution is -0.135. The van der Waals surface area contributed by atoms with E-state index in [-0.39, 0.29) is 35.8 Å². The molecule has 1 aromatic rings. The summed E-state index contributed by atoms with van der Waals surface area (Å²) >= 11 is 0. The van der Waals surface area contributed by atoms with Gasteiger partial charge in [-0.15, -0.1) is 0 Å². The number of carbonyl (C=O) groups excluding carboxylic acids is 2.